The summed E-state index contributed by atoms with van der Waals surface area (Å²) >= 11 is 11.9. The Hall–Kier alpha value is -2.11. The van der Waals surface area contributed by atoms with Crippen molar-refractivity contribution in [2.24, 2.45) is 0 Å². The molecule has 2 aromatic carbocycles. The van der Waals surface area contributed by atoms with Crippen LogP contribution in [-0.4, -0.2) is 19.4 Å². The smallest absolute Gasteiger partial charge is 0.326 e. The second-order valence-electron chi connectivity index (χ2n) is 4.87. The molecular weight excluding hydrogens is 339 g/mol. The first-order chi connectivity index (χ1) is 11.1. The highest BCUT2D eigenvalue weighted by Crippen LogP contribution is 2.35. The van der Waals surface area contributed by atoms with Gasteiger partial charge in [-0.05, 0) is 37.3 Å². The third-order valence-corrected chi connectivity index (χ3v) is 3.78. The van der Waals surface area contributed by atoms with E-state index in [1.54, 1.807) is 35.2 Å². The summed E-state index contributed by atoms with van der Waals surface area (Å²) in [6.45, 7) is 2.56. The van der Waals surface area contributed by atoms with Crippen LogP contribution in [0.3, 0.4) is 0 Å². The summed E-state index contributed by atoms with van der Waals surface area (Å²) in [6.07, 6.45) is 0. The van der Waals surface area contributed by atoms with Gasteiger partial charge < -0.3 is 14.8 Å². The van der Waals surface area contributed by atoms with Gasteiger partial charge in [-0.2, -0.15) is 0 Å². The van der Waals surface area contributed by atoms with Crippen molar-refractivity contribution < 1.29 is 14.3 Å². The first kappa shape index (κ1) is 15.8. The van der Waals surface area contributed by atoms with Gasteiger partial charge in [0.2, 0.25) is 6.79 Å². The second kappa shape index (κ2) is 6.56. The molecule has 0 radical (unpaired) electrons. The molecule has 7 heteroatoms. The Morgan fingerprint density at radius 2 is 1.83 bits per heavy atom. The van der Waals surface area contributed by atoms with Gasteiger partial charge >= 0.3 is 6.03 Å². The lowest BCUT2D eigenvalue weighted by molar-refractivity contribution is 0.174. The van der Waals surface area contributed by atoms with Crippen LogP contribution in [0, 0.1) is 0 Å². The zero-order valence-electron chi connectivity index (χ0n) is 12.3. The molecule has 0 saturated carbocycles. The highest BCUT2D eigenvalue weighted by atomic mass is 35.5. The average molecular weight is 353 g/mol. The lowest BCUT2D eigenvalue weighted by Gasteiger charge is -2.22. The van der Waals surface area contributed by atoms with Crippen LogP contribution in [0.4, 0.5) is 16.2 Å². The van der Waals surface area contributed by atoms with Crippen molar-refractivity contribution >= 4 is 40.6 Å². The monoisotopic (exact) mass is 352 g/mol. The molecule has 2 amide bonds. The molecule has 0 aliphatic carbocycles. The second-order valence-corrected chi connectivity index (χ2v) is 5.74. The first-order valence-electron chi connectivity index (χ1n) is 7.01. The van der Waals surface area contributed by atoms with Gasteiger partial charge in [0.25, 0.3) is 0 Å². The number of halogens is 2. The van der Waals surface area contributed by atoms with Crippen LogP contribution < -0.4 is 19.7 Å². The summed E-state index contributed by atoms with van der Waals surface area (Å²) < 4.78 is 10.6. The first-order valence-corrected chi connectivity index (χ1v) is 7.76. The Bertz CT molecular complexity index is 732. The lowest BCUT2D eigenvalue weighted by atomic mass is 10.2. The molecule has 0 unspecified atom stereocenters. The minimum atomic E-state index is -0.287. The molecule has 0 saturated heterocycles. The van der Waals surface area contributed by atoms with Gasteiger partial charge in [-0.25, -0.2) is 4.79 Å². The Morgan fingerprint density at radius 3 is 2.52 bits per heavy atom. The maximum atomic E-state index is 12.5. The maximum absolute atomic E-state index is 12.5. The molecular formula is C16H14Cl2N2O3. The number of hydrogen-bond acceptors (Lipinski definition) is 3. The van der Waals surface area contributed by atoms with E-state index in [-0.39, 0.29) is 12.8 Å². The zero-order valence-corrected chi connectivity index (χ0v) is 13.8. The van der Waals surface area contributed by atoms with E-state index in [0.29, 0.717) is 39.5 Å². The molecule has 0 spiro atoms. The largest absolute Gasteiger partial charge is 0.454 e. The van der Waals surface area contributed by atoms with E-state index >= 15 is 0 Å². The van der Waals surface area contributed by atoms with Crippen LogP contribution in [0.15, 0.2) is 36.4 Å². The molecule has 0 bridgehead atoms. The Kier molecular flexibility index (Phi) is 4.50. The van der Waals surface area contributed by atoms with Gasteiger partial charge in [-0.15, -0.1) is 0 Å². The van der Waals surface area contributed by atoms with Gasteiger partial charge in [0.15, 0.2) is 11.5 Å². The SMILES string of the molecule is CCN(C(=O)Nc1cc(Cl)cc(Cl)c1)c1ccc2c(c1)OCO2. The van der Waals surface area contributed by atoms with Crippen LogP contribution in [0.2, 0.25) is 10.0 Å². The van der Waals surface area contributed by atoms with E-state index in [9.17, 15) is 4.79 Å². The normalized spacial score (nSPS) is 12.1. The molecule has 3 rings (SSSR count). The number of carbonyl (C=O) groups excluding carboxylic acids is 1. The molecule has 0 atom stereocenters. The van der Waals surface area contributed by atoms with Gasteiger partial charge in [0.05, 0.1) is 0 Å². The van der Waals surface area contributed by atoms with E-state index in [0.717, 1.165) is 0 Å². The summed E-state index contributed by atoms with van der Waals surface area (Å²) in [4.78, 5) is 14.1. The predicted molar refractivity (Wildman–Crippen MR) is 91.1 cm³/mol. The van der Waals surface area contributed by atoms with Crippen molar-refractivity contribution in [3.8, 4) is 11.5 Å². The number of anilines is 2. The van der Waals surface area contributed by atoms with Crippen LogP contribution in [0.5, 0.6) is 11.5 Å². The van der Waals surface area contributed by atoms with E-state index in [1.165, 1.54) is 0 Å². The molecule has 1 aliphatic rings. The van der Waals surface area contributed by atoms with Crippen LogP contribution in [0.1, 0.15) is 6.92 Å². The Morgan fingerprint density at radius 1 is 1.13 bits per heavy atom. The number of hydrogen-bond donors (Lipinski definition) is 1. The van der Waals surface area contributed by atoms with Crippen LogP contribution in [0.25, 0.3) is 0 Å². The fraction of sp³-hybridized carbons (Fsp3) is 0.188. The third-order valence-electron chi connectivity index (χ3n) is 3.34. The number of carbonyl (C=O) groups is 1. The molecule has 1 heterocycles. The number of fused-ring (bicyclic) bond motifs is 1. The summed E-state index contributed by atoms with van der Waals surface area (Å²) in [5.74, 6) is 1.30. The molecule has 0 aromatic heterocycles. The van der Waals surface area contributed by atoms with Crippen molar-refractivity contribution in [2.75, 3.05) is 23.6 Å². The number of amides is 2. The standard InChI is InChI=1S/C16H14Cl2N2O3/c1-2-20(13-3-4-14-15(8-13)23-9-22-14)16(21)19-12-6-10(17)5-11(18)7-12/h3-8H,2,9H2,1H3,(H,19,21). The molecule has 0 fully saturated rings. The number of nitrogens with zero attached hydrogens (tertiary/aromatic N) is 1. The van der Waals surface area contributed by atoms with Gasteiger partial charge in [0, 0.05) is 34.0 Å². The minimum Gasteiger partial charge on any atom is -0.454 e. The molecule has 5 nitrogen and oxygen atoms in total. The molecule has 120 valence electrons. The van der Waals surface area contributed by atoms with Crippen molar-refractivity contribution in [1.82, 2.24) is 0 Å². The number of urea groups is 1. The summed E-state index contributed by atoms with van der Waals surface area (Å²) in [5.41, 5.74) is 1.24. The number of rotatable bonds is 3. The summed E-state index contributed by atoms with van der Waals surface area (Å²) in [7, 11) is 0. The van der Waals surface area contributed by atoms with Gasteiger partial charge in [-0.3, -0.25) is 4.90 Å². The topological polar surface area (TPSA) is 50.8 Å². The van der Waals surface area contributed by atoms with Crippen molar-refractivity contribution in [1.29, 1.82) is 0 Å². The van der Waals surface area contributed by atoms with Crippen molar-refractivity contribution in [3.63, 3.8) is 0 Å². The van der Waals surface area contributed by atoms with Gasteiger partial charge in [0.1, 0.15) is 0 Å². The fourth-order valence-corrected chi connectivity index (χ4v) is 2.84. The lowest BCUT2D eigenvalue weighted by Crippen LogP contribution is -2.34. The predicted octanol–water partition coefficient (Wildman–Crippen LogP) is 4.78. The maximum Gasteiger partial charge on any atom is 0.326 e. The summed E-state index contributed by atoms with van der Waals surface area (Å²) in [5, 5.41) is 3.70. The minimum absolute atomic E-state index is 0.193. The summed E-state index contributed by atoms with van der Waals surface area (Å²) in [6, 6.07) is 9.96. The van der Waals surface area contributed by atoms with Gasteiger partial charge in [-0.1, -0.05) is 23.2 Å². The average Bonchev–Trinajstić information content (AvgIpc) is 2.94. The molecule has 1 N–H and O–H groups in total. The number of nitrogens with one attached hydrogen (secondary N) is 1. The Balaban J connectivity index is 1.81. The van der Waals surface area contributed by atoms with Crippen LogP contribution >= 0.6 is 23.2 Å². The molecule has 1 aliphatic heterocycles. The van der Waals surface area contributed by atoms with Crippen molar-refractivity contribution in [3.05, 3.63) is 46.4 Å². The molecule has 2 aromatic rings. The van der Waals surface area contributed by atoms with E-state index in [4.69, 9.17) is 32.7 Å². The zero-order chi connectivity index (χ0) is 16.4. The highest BCUT2D eigenvalue weighted by Gasteiger charge is 2.19. The molecule has 23 heavy (non-hydrogen) atoms. The fourth-order valence-electron chi connectivity index (χ4n) is 2.31. The van der Waals surface area contributed by atoms with Crippen molar-refractivity contribution in [2.45, 2.75) is 6.92 Å². The van der Waals surface area contributed by atoms with E-state index in [2.05, 4.69) is 5.32 Å². The quantitative estimate of drug-likeness (QED) is 0.864. The number of ether oxygens (including phenoxy) is 2. The van der Waals surface area contributed by atoms with E-state index < -0.39 is 0 Å². The van der Waals surface area contributed by atoms with Crippen LogP contribution in [-0.2, 0) is 0 Å². The van der Waals surface area contributed by atoms with E-state index in [1.807, 2.05) is 13.0 Å². The number of benzene rings is 2. The highest BCUT2D eigenvalue weighted by molar-refractivity contribution is 6.35. The Labute approximate surface area is 143 Å². The third kappa shape index (κ3) is 3.46.